The number of rotatable bonds is 15. The molecule has 1 aromatic heterocycles. The van der Waals surface area contributed by atoms with Gasteiger partial charge in [-0.15, -0.1) is 5.10 Å². The molecule has 60 heavy (non-hydrogen) atoms. The molecule has 0 spiro atoms. The van der Waals surface area contributed by atoms with E-state index in [-0.39, 0.29) is 257 Å². The van der Waals surface area contributed by atoms with Gasteiger partial charge >= 0.3 is 206 Å². The predicted molar refractivity (Wildman–Crippen MR) is 185 cm³/mol. The van der Waals surface area contributed by atoms with Crippen LogP contribution in [-0.4, -0.2) is 83.4 Å². The molecular formula is C30H24K4N6O16S4. The van der Waals surface area contributed by atoms with E-state index in [4.69, 9.17) is 4.74 Å². The summed E-state index contributed by atoms with van der Waals surface area (Å²) in [7, 11) is -8.98. The third-order valence-electron chi connectivity index (χ3n) is 7.59. The first kappa shape index (κ1) is 59.6. The van der Waals surface area contributed by atoms with Gasteiger partial charge in [0.2, 0.25) is 11.8 Å². The number of anilines is 1. The molecule has 2 aliphatic heterocycles. The zero-order chi connectivity index (χ0) is 40.8. The third kappa shape index (κ3) is 15.3. The number of hydrogen-bond donors (Lipinski definition) is 1. The van der Waals surface area contributed by atoms with E-state index in [0.29, 0.717) is 35.5 Å². The monoisotopic (exact) mass is 1010 g/mol. The fourth-order valence-electron chi connectivity index (χ4n) is 5.23. The van der Waals surface area contributed by atoms with Crippen LogP contribution in [0.2, 0.25) is 0 Å². The predicted octanol–water partition coefficient (Wildman–Crippen LogP) is -11.3. The van der Waals surface area contributed by atoms with Gasteiger partial charge in [-0.25, -0.2) is 16.8 Å². The topological polar surface area (TPSA) is 310 Å². The van der Waals surface area contributed by atoms with Crippen LogP contribution in [0.1, 0.15) is 24.1 Å². The first-order valence-corrected chi connectivity index (χ1v) is 19.5. The average molecular weight is 1010 g/mol. The number of amides is 2. The Balaban J connectivity index is 0.00000450. The molecule has 2 aromatic carbocycles. The number of aliphatic imine (C=N–C) groups is 1. The zero-order valence-electron chi connectivity index (χ0n) is 32.4. The molecule has 0 aliphatic carbocycles. The molecule has 3 heterocycles. The number of aryl methyl sites for hydroxylation is 1. The normalized spacial score (nSPS) is 15.3. The molecule has 298 valence electrons. The van der Waals surface area contributed by atoms with E-state index in [9.17, 15) is 51.2 Å². The minimum Gasteiger partial charge on any atom is -0.744 e. The number of nitrogens with zero attached hydrogens (tertiary/aromatic N) is 6. The SMILES string of the molecule is CN=COC1=NN(c2cc(SOO[O-])ccc2S(=O)(=O)[O-])C(=O)/C1=C\C=C(C=Cc1c(C)nn(-c2cc(SOO[O-])ccc2S(=O)(=O)[O-])c1O)N1CCCC1=O.[K+].[K+].[K+].[K+]. The van der Waals surface area contributed by atoms with Crippen LogP contribution < -0.4 is 221 Å². The Morgan fingerprint density at radius 1 is 0.917 bits per heavy atom. The molecular weight excluding hydrogens is 985 g/mol. The molecule has 22 nitrogen and oxygen atoms in total. The van der Waals surface area contributed by atoms with Crippen molar-refractivity contribution in [2.75, 3.05) is 18.6 Å². The van der Waals surface area contributed by atoms with Crippen LogP contribution in [0.25, 0.3) is 11.8 Å². The number of carbonyl (C=O) groups is 2. The first-order valence-electron chi connectivity index (χ1n) is 15.2. The number of carbonyl (C=O) groups excluding carboxylic acids is 2. The fraction of sp³-hybridized carbons (Fsp3) is 0.167. The number of hydrogen-bond acceptors (Lipinski definition) is 21. The Labute approximate surface area is 520 Å². The van der Waals surface area contributed by atoms with Crippen molar-refractivity contribution in [2.45, 2.75) is 39.3 Å². The van der Waals surface area contributed by atoms with Gasteiger partial charge in [-0.2, -0.15) is 23.5 Å². The van der Waals surface area contributed by atoms with Crippen molar-refractivity contribution in [2.24, 2.45) is 10.1 Å². The van der Waals surface area contributed by atoms with E-state index < -0.39 is 59.1 Å². The molecule has 0 atom stereocenters. The van der Waals surface area contributed by atoms with Crippen LogP contribution in [-0.2, 0) is 53.3 Å². The summed E-state index contributed by atoms with van der Waals surface area (Å²) >= 11 is 0.730. The van der Waals surface area contributed by atoms with E-state index in [2.05, 4.69) is 33.9 Å². The van der Waals surface area contributed by atoms with Crippen LogP contribution in [0.4, 0.5) is 5.69 Å². The van der Waals surface area contributed by atoms with Crippen molar-refractivity contribution >= 4 is 80.2 Å². The molecule has 3 aromatic rings. The van der Waals surface area contributed by atoms with Gasteiger partial charge < -0.3 is 34.4 Å². The molecule has 2 aliphatic rings. The maximum absolute atomic E-state index is 13.8. The summed E-state index contributed by atoms with van der Waals surface area (Å²) in [6.45, 7) is 1.68. The number of benzene rings is 2. The second kappa shape index (κ2) is 27.4. The number of ether oxygens (including phenoxy) is 1. The molecule has 2 amide bonds. The minimum atomic E-state index is -5.20. The zero-order valence-corrected chi connectivity index (χ0v) is 48.1. The number of allylic oxidation sites excluding steroid dienone is 3. The van der Waals surface area contributed by atoms with Gasteiger partial charge in [-0.1, -0.05) is 0 Å². The smallest absolute Gasteiger partial charge is 0.744 e. The van der Waals surface area contributed by atoms with Crippen LogP contribution >= 0.6 is 24.1 Å². The van der Waals surface area contributed by atoms with Gasteiger partial charge in [0.15, 0.2) is 6.40 Å². The standard InChI is InChI=1S/C30H28N6O16S4.4K/c1-17-21(29(38)35(32-17)23-14-19(53-51-49-40)7-11-25(23)55(42,43)44)9-5-18(34-13-3-4-27(34)37)6-10-22-28(48-16-31-2)33-36(30(22)39)24-15-20(54-52-50-41)8-12-26(24)56(45,46)47;;;;/h5-12,14-16,38,40-41H,3-4,13H2,1-2H3,(H,42,43,44)(H,45,46,47);;;;/q;4*+1/p-4/b9-5?,18-6?,22-10-,31-16?;;;;. The van der Waals surface area contributed by atoms with Crippen molar-refractivity contribution in [3.05, 3.63) is 77.2 Å². The van der Waals surface area contributed by atoms with Gasteiger partial charge in [0.05, 0.1) is 56.5 Å². The van der Waals surface area contributed by atoms with E-state index in [1.54, 1.807) is 0 Å². The van der Waals surface area contributed by atoms with Crippen molar-refractivity contribution in [3.8, 4) is 11.6 Å². The number of aromatic hydroxyl groups is 1. The second-order valence-corrected chi connectivity index (χ2v) is 15.2. The van der Waals surface area contributed by atoms with Crippen LogP contribution in [0.5, 0.6) is 5.88 Å². The molecule has 1 N–H and O–H groups in total. The Morgan fingerprint density at radius 2 is 1.48 bits per heavy atom. The van der Waals surface area contributed by atoms with E-state index in [0.717, 1.165) is 47.5 Å². The molecule has 1 saturated heterocycles. The molecule has 0 unspecified atom stereocenters. The van der Waals surface area contributed by atoms with Gasteiger partial charge in [0.1, 0.15) is 25.8 Å². The number of aromatic nitrogens is 2. The number of hydrazone groups is 1. The average Bonchev–Trinajstić information content (AvgIpc) is 3.81. The Bertz CT molecular complexity index is 2430. The molecule has 5 rings (SSSR count). The van der Waals surface area contributed by atoms with E-state index >= 15 is 0 Å². The van der Waals surface area contributed by atoms with E-state index in [1.165, 1.54) is 43.2 Å². The molecule has 0 bridgehead atoms. The summed E-state index contributed by atoms with van der Waals surface area (Å²) in [5.41, 5.74) is -0.970. The van der Waals surface area contributed by atoms with Crippen LogP contribution in [0.15, 0.2) is 95.6 Å². The quantitative estimate of drug-likeness (QED) is 0.0170. The largest absolute Gasteiger partial charge is 1.00 e. The van der Waals surface area contributed by atoms with Gasteiger partial charge in [0, 0.05) is 35.5 Å². The van der Waals surface area contributed by atoms with Gasteiger partial charge in [-0.05, 0) is 74.0 Å². The van der Waals surface area contributed by atoms with E-state index in [1.807, 2.05) is 0 Å². The number of likely N-dealkylation sites (tertiary alicyclic amines) is 1. The van der Waals surface area contributed by atoms with Crippen molar-refractivity contribution in [3.63, 3.8) is 0 Å². The van der Waals surface area contributed by atoms with Gasteiger partial charge in [-0.3, -0.25) is 24.7 Å². The summed E-state index contributed by atoms with van der Waals surface area (Å²) in [6.07, 6.45) is 6.74. The van der Waals surface area contributed by atoms with Crippen molar-refractivity contribution in [1.82, 2.24) is 14.7 Å². The summed E-state index contributed by atoms with van der Waals surface area (Å²) in [4.78, 5) is 30.2. The summed E-state index contributed by atoms with van der Waals surface area (Å²) in [6, 6.07) is 6.16. The summed E-state index contributed by atoms with van der Waals surface area (Å²) in [5.74, 6) is -2.37. The molecule has 0 saturated carbocycles. The second-order valence-electron chi connectivity index (χ2n) is 11.0. The Kier molecular flexibility index (Phi) is 27.2. The summed E-state index contributed by atoms with van der Waals surface area (Å²) < 4.78 is 87.3. The van der Waals surface area contributed by atoms with Crippen LogP contribution in [0, 0.1) is 6.92 Å². The first-order chi connectivity index (χ1) is 26.6. The minimum absolute atomic E-state index is 0. The van der Waals surface area contributed by atoms with Crippen molar-refractivity contribution in [1.29, 1.82) is 0 Å². The van der Waals surface area contributed by atoms with Gasteiger partial charge in [0.25, 0.3) is 11.8 Å². The molecule has 30 heteroatoms. The molecule has 0 radical (unpaired) electrons. The molecule has 1 fully saturated rings. The Hall–Kier alpha value is 1.58. The fourth-order valence-corrected chi connectivity index (χ4v) is 7.29. The Morgan fingerprint density at radius 3 is 2.00 bits per heavy atom. The summed E-state index contributed by atoms with van der Waals surface area (Å²) in [5, 5.41) is 47.3. The maximum Gasteiger partial charge on any atom is 1.00 e. The third-order valence-corrected chi connectivity index (χ3v) is 10.5. The maximum atomic E-state index is 13.8. The van der Waals surface area contributed by atoms with Crippen molar-refractivity contribution < 1.29 is 280 Å². The van der Waals surface area contributed by atoms with Crippen LogP contribution in [0.3, 0.4) is 0 Å².